The van der Waals surface area contributed by atoms with Crippen LogP contribution in [0, 0.1) is 0 Å². The average molecular weight is 311 g/mol. The summed E-state index contributed by atoms with van der Waals surface area (Å²) >= 11 is 0. The maximum absolute atomic E-state index is 12.0. The summed E-state index contributed by atoms with van der Waals surface area (Å²) in [6.45, 7) is 3.86. The maximum atomic E-state index is 12.0. The van der Waals surface area contributed by atoms with E-state index in [-0.39, 0.29) is 6.61 Å². The SMILES string of the molecule is C=CC[C@@H](NC(=O)OCc1ccccc1)[C@H](O)c1ccccc1. The van der Waals surface area contributed by atoms with Gasteiger partial charge in [-0.1, -0.05) is 66.7 Å². The topological polar surface area (TPSA) is 58.6 Å². The van der Waals surface area contributed by atoms with E-state index in [2.05, 4.69) is 11.9 Å². The summed E-state index contributed by atoms with van der Waals surface area (Å²) in [4.78, 5) is 12.0. The maximum Gasteiger partial charge on any atom is 0.407 e. The van der Waals surface area contributed by atoms with Crippen molar-refractivity contribution in [3.05, 3.63) is 84.4 Å². The number of aliphatic hydroxyl groups excluding tert-OH is 1. The van der Waals surface area contributed by atoms with Crippen molar-refractivity contribution in [1.82, 2.24) is 5.32 Å². The Kier molecular flexibility index (Phi) is 6.39. The van der Waals surface area contributed by atoms with Crippen molar-refractivity contribution in [3.63, 3.8) is 0 Å². The number of carbonyl (C=O) groups is 1. The second-order valence-corrected chi connectivity index (χ2v) is 5.19. The third-order valence-electron chi connectivity index (χ3n) is 3.46. The number of ether oxygens (including phenoxy) is 1. The van der Waals surface area contributed by atoms with Crippen molar-refractivity contribution >= 4 is 6.09 Å². The number of hydrogen-bond acceptors (Lipinski definition) is 3. The van der Waals surface area contributed by atoms with Crippen LogP contribution in [-0.2, 0) is 11.3 Å². The van der Waals surface area contributed by atoms with Gasteiger partial charge in [-0.15, -0.1) is 6.58 Å². The summed E-state index contributed by atoms with van der Waals surface area (Å²) in [5, 5.41) is 13.1. The van der Waals surface area contributed by atoms with E-state index >= 15 is 0 Å². The molecule has 1 amide bonds. The van der Waals surface area contributed by atoms with Crippen LogP contribution in [0.5, 0.6) is 0 Å². The van der Waals surface area contributed by atoms with Gasteiger partial charge in [-0.25, -0.2) is 4.79 Å². The van der Waals surface area contributed by atoms with Crippen molar-refractivity contribution in [2.45, 2.75) is 25.2 Å². The number of nitrogens with one attached hydrogen (secondary N) is 1. The van der Waals surface area contributed by atoms with E-state index in [0.29, 0.717) is 6.42 Å². The van der Waals surface area contributed by atoms with Gasteiger partial charge in [-0.05, 0) is 17.5 Å². The van der Waals surface area contributed by atoms with Crippen molar-refractivity contribution in [1.29, 1.82) is 0 Å². The molecule has 2 atom stereocenters. The molecule has 2 rings (SSSR count). The Balaban J connectivity index is 1.93. The van der Waals surface area contributed by atoms with Gasteiger partial charge in [0.05, 0.1) is 12.1 Å². The van der Waals surface area contributed by atoms with Gasteiger partial charge in [-0.2, -0.15) is 0 Å². The van der Waals surface area contributed by atoms with Gasteiger partial charge in [0.2, 0.25) is 0 Å². The molecule has 0 saturated carbocycles. The molecule has 0 unspecified atom stereocenters. The first-order valence-corrected chi connectivity index (χ1v) is 7.52. The molecule has 0 spiro atoms. The minimum atomic E-state index is -0.821. The molecule has 0 aliphatic heterocycles. The van der Waals surface area contributed by atoms with Gasteiger partial charge in [0.15, 0.2) is 0 Å². The van der Waals surface area contributed by atoms with Crippen LogP contribution in [0.25, 0.3) is 0 Å². The molecule has 2 aromatic carbocycles. The highest BCUT2D eigenvalue weighted by Gasteiger charge is 2.22. The molecule has 4 heteroatoms. The summed E-state index contributed by atoms with van der Waals surface area (Å²) in [6, 6.07) is 18.1. The minimum Gasteiger partial charge on any atom is -0.445 e. The monoisotopic (exact) mass is 311 g/mol. The van der Waals surface area contributed by atoms with E-state index < -0.39 is 18.2 Å². The molecule has 0 aliphatic carbocycles. The normalized spacial score (nSPS) is 12.9. The van der Waals surface area contributed by atoms with E-state index in [1.807, 2.05) is 60.7 Å². The molecule has 0 bridgehead atoms. The van der Waals surface area contributed by atoms with Crippen LogP contribution in [0.4, 0.5) is 4.79 Å². The first-order chi connectivity index (χ1) is 11.2. The quantitative estimate of drug-likeness (QED) is 0.768. The Labute approximate surface area is 136 Å². The zero-order valence-electron chi connectivity index (χ0n) is 12.9. The predicted molar refractivity (Wildman–Crippen MR) is 89.8 cm³/mol. The molecule has 23 heavy (non-hydrogen) atoms. The number of benzene rings is 2. The summed E-state index contributed by atoms with van der Waals surface area (Å²) in [5.74, 6) is 0. The van der Waals surface area contributed by atoms with Gasteiger partial charge in [0.25, 0.3) is 0 Å². The number of aliphatic hydroxyl groups is 1. The molecular formula is C19H21NO3. The zero-order valence-corrected chi connectivity index (χ0v) is 12.9. The van der Waals surface area contributed by atoms with Crippen molar-refractivity contribution in [2.24, 2.45) is 0 Å². The smallest absolute Gasteiger partial charge is 0.407 e. The van der Waals surface area contributed by atoms with Crippen LogP contribution >= 0.6 is 0 Å². The summed E-state index contributed by atoms with van der Waals surface area (Å²) < 4.78 is 5.20. The van der Waals surface area contributed by atoms with Crippen LogP contribution in [0.15, 0.2) is 73.3 Å². The molecule has 0 heterocycles. The van der Waals surface area contributed by atoms with E-state index in [1.165, 1.54) is 0 Å². The number of rotatable bonds is 7. The third kappa shape index (κ3) is 5.27. The van der Waals surface area contributed by atoms with Crippen molar-refractivity contribution in [2.75, 3.05) is 0 Å². The summed E-state index contributed by atoms with van der Waals surface area (Å²) in [7, 11) is 0. The Morgan fingerprint density at radius 2 is 1.74 bits per heavy atom. The highest BCUT2D eigenvalue weighted by Crippen LogP contribution is 2.19. The lowest BCUT2D eigenvalue weighted by Crippen LogP contribution is -2.39. The molecule has 0 aromatic heterocycles. The number of carbonyl (C=O) groups excluding carboxylic acids is 1. The standard InChI is InChI=1S/C19H21NO3/c1-2-9-17(18(21)16-12-7-4-8-13-16)20-19(22)23-14-15-10-5-3-6-11-15/h2-8,10-13,17-18,21H,1,9,14H2,(H,20,22)/t17-,18-/m1/s1. The third-order valence-corrected chi connectivity index (χ3v) is 3.46. The first-order valence-electron chi connectivity index (χ1n) is 7.52. The van der Waals surface area contributed by atoms with E-state index in [4.69, 9.17) is 4.74 Å². The van der Waals surface area contributed by atoms with Gasteiger partial charge >= 0.3 is 6.09 Å². The molecular weight excluding hydrogens is 290 g/mol. The molecule has 0 fully saturated rings. The number of amides is 1. The second-order valence-electron chi connectivity index (χ2n) is 5.19. The molecule has 2 aromatic rings. The summed E-state index contributed by atoms with van der Waals surface area (Å²) in [5.41, 5.74) is 1.65. The fourth-order valence-corrected chi connectivity index (χ4v) is 2.24. The van der Waals surface area contributed by atoms with Gasteiger partial charge in [0.1, 0.15) is 6.61 Å². The van der Waals surface area contributed by atoms with Crippen LogP contribution in [0.2, 0.25) is 0 Å². The first kappa shape index (κ1) is 16.8. The molecule has 2 N–H and O–H groups in total. The summed E-state index contributed by atoms with van der Waals surface area (Å²) in [6.07, 6.45) is 0.722. The highest BCUT2D eigenvalue weighted by molar-refractivity contribution is 5.67. The lowest BCUT2D eigenvalue weighted by Gasteiger charge is -2.23. The van der Waals surface area contributed by atoms with Crippen molar-refractivity contribution < 1.29 is 14.6 Å². The predicted octanol–water partition coefficient (Wildman–Crippen LogP) is 3.59. The lowest BCUT2D eigenvalue weighted by molar-refractivity contribution is 0.102. The molecule has 120 valence electrons. The van der Waals surface area contributed by atoms with E-state index in [9.17, 15) is 9.90 Å². The van der Waals surface area contributed by atoms with E-state index in [0.717, 1.165) is 11.1 Å². The Hall–Kier alpha value is -2.59. The largest absolute Gasteiger partial charge is 0.445 e. The average Bonchev–Trinajstić information content (AvgIpc) is 2.60. The van der Waals surface area contributed by atoms with Crippen LogP contribution in [0.3, 0.4) is 0 Å². The van der Waals surface area contributed by atoms with Gasteiger partial charge in [0, 0.05) is 0 Å². The fraction of sp³-hybridized carbons (Fsp3) is 0.211. The molecule has 0 aliphatic rings. The Bertz CT molecular complexity index is 613. The number of alkyl carbamates (subject to hydrolysis) is 1. The highest BCUT2D eigenvalue weighted by atomic mass is 16.5. The minimum absolute atomic E-state index is 0.189. The van der Waals surface area contributed by atoms with Crippen LogP contribution in [0.1, 0.15) is 23.7 Å². The van der Waals surface area contributed by atoms with Gasteiger partial charge in [-0.3, -0.25) is 0 Å². The molecule has 0 saturated heterocycles. The molecule has 0 radical (unpaired) electrons. The Morgan fingerprint density at radius 1 is 1.13 bits per heavy atom. The Morgan fingerprint density at radius 3 is 2.35 bits per heavy atom. The second kappa shape index (κ2) is 8.76. The van der Waals surface area contributed by atoms with Crippen LogP contribution < -0.4 is 5.32 Å². The fourth-order valence-electron chi connectivity index (χ4n) is 2.24. The zero-order chi connectivity index (χ0) is 16.5. The van der Waals surface area contributed by atoms with E-state index in [1.54, 1.807) is 6.08 Å². The lowest BCUT2D eigenvalue weighted by atomic mass is 10.00. The van der Waals surface area contributed by atoms with Gasteiger partial charge < -0.3 is 15.2 Å². The number of hydrogen-bond donors (Lipinski definition) is 2. The van der Waals surface area contributed by atoms with Crippen LogP contribution in [-0.4, -0.2) is 17.2 Å². The van der Waals surface area contributed by atoms with Crippen molar-refractivity contribution in [3.8, 4) is 0 Å². The molecule has 4 nitrogen and oxygen atoms in total.